The molecule has 0 aliphatic heterocycles. The van der Waals surface area contributed by atoms with E-state index < -0.39 is 0 Å². The molecular weight excluding hydrogens is 296 g/mol. The minimum absolute atomic E-state index is 0.0102. The third-order valence-electron chi connectivity index (χ3n) is 7.95. The first-order chi connectivity index (χ1) is 11.2. The summed E-state index contributed by atoms with van der Waals surface area (Å²) in [5.41, 5.74) is 5.57. The van der Waals surface area contributed by atoms with Gasteiger partial charge < -0.3 is 9.84 Å². The quantitative estimate of drug-likeness (QED) is 0.802. The highest BCUT2D eigenvalue weighted by atomic mass is 16.5. The Balaban J connectivity index is 2.31. The van der Waals surface area contributed by atoms with Crippen molar-refractivity contribution in [1.29, 1.82) is 0 Å². The Bertz CT molecular complexity index is 727. The molecule has 1 saturated carbocycles. The summed E-state index contributed by atoms with van der Waals surface area (Å²) < 4.78 is 5.34. The lowest BCUT2D eigenvalue weighted by molar-refractivity contribution is 0.198. The third kappa shape index (κ3) is 1.65. The molecule has 2 aliphatic rings. The Hall–Kier alpha value is -1.54. The van der Waals surface area contributed by atoms with Crippen LogP contribution < -0.4 is 4.74 Å². The van der Waals surface area contributed by atoms with Gasteiger partial charge in [-0.2, -0.15) is 0 Å². The second kappa shape index (κ2) is 5.23. The lowest BCUT2D eigenvalue weighted by atomic mass is 9.56. The van der Waals surface area contributed by atoms with Crippen LogP contribution in [0.1, 0.15) is 47.1 Å². The molecule has 0 spiro atoms. The maximum Gasteiger partial charge on any atom is 0.118 e. The fourth-order valence-electron chi connectivity index (χ4n) is 5.94. The highest BCUT2D eigenvalue weighted by Gasteiger charge is 2.70. The summed E-state index contributed by atoms with van der Waals surface area (Å²) in [5.74, 6) is 1.38. The van der Waals surface area contributed by atoms with Crippen LogP contribution in [0.15, 0.2) is 47.1 Å². The zero-order chi connectivity index (χ0) is 17.9. The van der Waals surface area contributed by atoms with Gasteiger partial charge in [-0.15, -0.1) is 0 Å². The maximum atomic E-state index is 9.74. The van der Waals surface area contributed by atoms with Crippen molar-refractivity contribution in [2.75, 3.05) is 13.7 Å². The Morgan fingerprint density at radius 1 is 1.08 bits per heavy atom. The highest BCUT2D eigenvalue weighted by Crippen LogP contribution is 2.76. The van der Waals surface area contributed by atoms with E-state index in [0.29, 0.717) is 5.92 Å². The van der Waals surface area contributed by atoms with E-state index in [-0.39, 0.29) is 22.9 Å². The minimum Gasteiger partial charge on any atom is -0.497 e. The van der Waals surface area contributed by atoms with Gasteiger partial charge in [0.2, 0.25) is 0 Å². The van der Waals surface area contributed by atoms with Gasteiger partial charge in [0.15, 0.2) is 0 Å². The van der Waals surface area contributed by atoms with Crippen molar-refractivity contribution in [1.82, 2.24) is 0 Å². The summed E-state index contributed by atoms with van der Waals surface area (Å²) >= 11 is 0. The normalized spacial score (nSPS) is 39.8. The minimum atomic E-state index is -0.125. The fraction of sp³-hybridized carbons (Fsp3) is 0.545. The molecule has 2 heteroatoms. The molecule has 1 fully saturated rings. The zero-order valence-corrected chi connectivity index (χ0v) is 16.0. The van der Waals surface area contributed by atoms with Crippen molar-refractivity contribution in [2.45, 2.75) is 47.0 Å². The van der Waals surface area contributed by atoms with Crippen LogP contribution in [0.2, 0.25) is 0 Å². The zero-order valence-electron chi connectivity index (χ0n) is 16.0. The van der Waals surface area contributed by atoms with Crippen LogP contribution in [-0.2, 0) is 5.41 Å². The van der Waals surface area contributed by atoms with Gasteiger partial charge in [0.05, 0.1) is 13.7 Å². The second-order valence-electron chi connectivity index (χ2n) is 8.03. The monoisotopic (exact) mass is 326 g/mol. The third-order valence-corrected chi connectivity index (χ3v) is 7.95. The standard InChI is InChI=1S/C22H30O2/c1-14-15(2)21(5)16(3)20(14,4)19(12-13-23)22(21,6)17-8-10-18(24-7)11-9-17/h8-12,16,23H,13H2,1-7H3/b19-12-/t16-,20+,21-,22+/m0/s1. The summed E-state index contributed by atoms with van der Waals surface area (Å²) in [6, 6.07) is 8.47. The van der Waals surface area contributed by atoms with Crippen molar-refractivity contribution < 1.29 is 9.84 Å². The second-order valence-corrected chi connectivity index (χ2v) is 8.03. The Morgan fingerprint density at radius 3 is 2.17 bits per heavy atom. The number of aliphatic hydroxyl groups is 1. The summed E-state index contributed by atoms with van der Waals surface area (Å²) in [6.45, 7) is 14.2. The number of hydrogen-bond acceptors (Lipinski definition) is 2. The van der Waals surface area contributed by atoms with E-state index in [1.54, 1.807) is 7.11 Å². The molecule has 1 aromatic rings. The van der Waals surface area contributed by atoms with Crippen molar-refractivity contribution in [3.05, 3.63) is 52.6 Å². The van der Waals surface area contributed by atoms with Crippen molar-refractivity contribution in [2.24, 2.45) is 16.7 Å². The topological polar surface area (TPSA) is 29.5 Å². The van der Waals surface area contributed by atoms with E-state index in [0.717, 1.165) is 5.75 Å². The number of methoxy groups -OCH3 is 1. The van der Waals surface area contributed by atoms with E-state index in [2.05, 4.69) is 59.8 Å². The number of aliphatic hydroxyl groups excluding tert-OH is 1. The Labute approximate surface area is 146 Å². The number of rotatable bonds is 3. The van der Waals surface area contributed by atoms with Crippen LogP contribution in [0.3, 0.4) is 0 Å². The molecule has 0 radical (unpaired) electrons. The molecule has 2 nitrogen and oxygen atoms in total. The predicted octanol–water partition coefficient (Wildman–Crippen LogP) is 4.88. The van der Waals surface area contributed by atoms with Gasteiger partial charge in [-0.3, -0.25) is 0 Å². The largest absolute Gasteiger partial charge is 0.497 e. The molecule has 2 aliphatic carbocycles. The lowest BCUT2D eigenvalue weighted by Gasteiger charge is -2.47. The molecule has 4 atom stereocenters. The van der Waals surface area contributed by atoms with Gasteiger partial charge in [0.25, 0.3) is 0 Å². The van der Waals surface area contributed by atoms with Crippen molar-refractivity contribution >= 4 is 0 Å². The average Bonchev–Trinajstić information content (AvgIpc) is 2.81. The first kappa shape index (κ1) is 17.3. The van der Waals surface area contributed by atoms with Gasteiger partial charge in [0.1, 0.15) is 5.75 Å². The molecule has 3 rings (SSSR count). The predicted molar refractivity (Wildman–Crippen MR) is 99.3 cm³/mol. The molecule has 0 aromatic heterocycles. The van der Waals surface area contributed by atoms with Crippen LogP contribution in [0.4, 0.5) is 0 Å². The van der Waals surface area contributed by atoms with Crippen molar-refractivity contribution in [3.8, 4) is 5.75 Å². The van der Waals surface area contributed by atoms with Gasteiger partial charge in [-0.1, -0.05) is 62.6 Å². The smallest absolute Gasteiger partial charge is 0.118 e. The Kier molecular flexibility index (Phi) is 3.76. The van der Waals surface area contributed by atoms with E-state index in [1.807, 2.05) is 12.1 Å². The summed E-state index contributed by atoms with van der Waals surface area (Å²) in [4.78, 5) is 0. The SMILES string of the molecule is COc1ccc([C@]2(C)/C(=C\CO)[C@]3(C)C(C)=C(C)[C@@]2(C)[C@H]3C)cc1. The molecule has 0 amide bonds. The van der Waals surface area contributed by atoms with Gasteiger partial charge in [0, 0.05) is 16.2 Å². The van der Waals surface area contributed by atoms with Crippen LogP contribution >= 0.6 is 0 Å². The van der Waals surface area contributed by atoms with E-state index in [9.17, 15) is 5.11 Å². The van der Waals surface area contributed by atoms with Crippen LogP contribution in [0.25, 0.3) is 0 Å². The molecule has 130 valence electrons. The highest BCUT2D eigenvalue weighted by molar-refractivity contribution is 5.60. The molecule has 1 aromatic carbocycles. The maximum absolute atomic E-state index is 9.74. The van der Waals surface area contributed by atoms with Crippen LogP contribution in [-0.4, -0.2) is 18.8 Å². The average molecular weight is 326 g/mol. The molecule has 0 heterocycles. The number of ether oxygens (including phenoxy) is 1. The van der Waals surface area contributed by atoms with E-state index >= 15 is 0 Å². The molecule has 1 N–H and O–H groups in total. The molecular formula is C22H30O2. The molecule has 0 unspecified atom stereocenters. The van der Waals surface area contributed by atoms with Crippen molar-refractivity contribution in [3.63, 3.8) is 0 Å². The van der Waals surface area contributed by atoms with E-state index in [1.165, 1.54) is 22.3 Å². The molecule has 0 saturated heterocycles. The van der Waals surface area contributed by atoms with Crippen LogP contribution in [0.5, 0.6) is 5.75 Å². The van der Waals surface area contributed by atoms with Gasteiger partial charge in [-0.25, -0.2) is 0 Å². The Morgan fingerprint density at radius 2 is 1.67 bits per heavy atom. The van der Waals surface area contributed by atoms with E-state index in [4.69, 9.17) is 4.74 Å². The van der Waals surface area contributed by atoms with Crippen LogP contribution in [0, 0.1) is 16.7 Å². The number of hydrogen-bond donors (Lipinski definition) is 1. The molecule has 24 heavy (non-hydrogen) atoms. The first-order valence-electron chi connectivity index (χ1n) is 8.85. The fourth-order valence-corrected chi connectivity index (χ4v) is 5.94. The number of allylic oxidation sites excluding steroid dienone is 3. The van der Waals surface area contributed by atoms with Gasteiger partial charge >= 0.3 is 0 Å². The first-order valence-corrected chi connectivity index (χ1v) is 8.85. The lowest BCUT2D eigenvalue weighted by Crippen LogP contribution is -2.42. The summed E-state index contributed by atoms with van der Waals surface area (Å²) in [7, 11) is 1.70. The van der Waals surface area contributed by atoms with Gasteiger partial charge in [-0.05, 0) is 37.5 Å². The molecule has 2 bridgehead atoms. The summed E-state index contributed by atoms with van der Waals surface area (Å²) in [5, 5.41) is 9.74. The number of fused-ring (bicyclic) bond motifs is 2. The number of benzene rings is 1. The summed E-state index contributed by atoms with van der Waals surface area (Å²) in [6.07, 6.45) is 2.06.